The van der Waals surface area contributed by atoms with Crippen molar-refractivity contribution >= 4 is 17.3 Å². The lowest BCUT2D eigenvalue weighted by Gasteiger charge is -2.36. The van der Waals surface area contributed by atoms with Crippen molar-refractivity contribution in [1.29, 1.82) is 0 Å². The van der Waals surface area contributed by atoms with Gasteiger partial charge in [-0.15, -0.1) is 11.3 Å². The summed E-state index contributed by atoms with van der Waals surface area (Å²) < 4.78 is 0. The van der Waals surface area contributed by atoms with Gasteiger partial charge in [0.2, 0.25) is 0 Å². The van der Waals surface area contributed by atoms with Crippen LogP contribution in [0.25, 0.3) is 0 Å². The van der Waals surface area contributed by atoms with Crippen molar-refractivity contribution in [2.45, 2.75) is 71.6 Å². The van der Waals surface area contributed by atoms with Crippen molar-refractivity contribution in [1.82, 2.24) is 0 Å². The quantitative estimate of drug-likeness (QED) is 0.741. The Morgan fingerprint density at radius 1 is 1.29 bits per heavy atom. The second-order valence-electron chi connectivity index (χ2n) is 6.57. The molecule has 2 nitrogen and oxygen atoms in total. The average Bonchev–Trinajstić information content (AvgIpc) is 2.94. The van der Waals surface area contributed by atoms with Gasteiger partial charge in [0.25, 0.3) is 0 Å². The van der Waals surface area contributed by atoms with Crippen LogP contribution in [-0.4, -0.2) is 11.1 Å². The van der Waals surface area contributed by atoms with Crippen LogP contribution in [0.4, 0.5) is 0 Å². The lowest BCUT2D eigenvalue weighted by Crippen LogP contribution is -2.37. The number of hydrogen-bond donors (Lipinski definition) is 1. The van der Waals surface area contributed by atoms with Crippen molar-refractivity contribution in [2.75, 3.05) is 0 Å². The molecule has 0 aliphatic heterocycles. The van der Waals surface area contributed by atoms with E-state index in [2.05, 4.69) is 26.0 Å². The number of carboxylic acids is 1. The van der Waals surface area contributed by atoms with Crippen molar-refractivity contribution in [2.24, 2.45) is 11.3 Å². The number of hydrogen-bond acceptors (Lipinski definition) is 2. The van der Waals surface area contributed by atoms with E-state index >= 15 is 0 Å². The molecule has 1 aliphatic carbocycles. The maximum Gasteiger partial charge on any atom is 0.309 e. The van der Waals surface area contributed by atoms with Gasteiger partial charge in [-0.05, 0) is 56.6 Å². The van der Waals surface area contributed by atoms with Crippen LogP contribution in [0.3, 0.4) is 0 Å². The first-order chi connectivity index (χ1) is 10.1. The first-order valence-electron chi connectivity index (χ1n) is 8.40. The standard InChI is InChI=1S/C18H28O2S/c1-3-5-6-14-9-11-18(12-10-14,17(19)20)13-16-8-7-15(4-2)21-16/h7-8,14H,3-6,9-13H2,1-2H3,(H,19,20). The molecule has 0 amide bonds. The number of unbranched alkanes of at least 4 members (excludes halogenated alkanes) is 1. The number of rotatable bonds is 7. The summed E-state index contributed by atoms with van der Waals surface area (Å²) in [6.07, 6.45) is 9.50. The molecule has 0 unspecified atom stereocenters. The fourth-order valence-corrected chi connectivity index (χ4v) is 4.62. The Bertz CT molecular complexity index is 456. The molecule has 1 N–H and O–H groups in total. The molecule has 1 saturated carbocycles. The molecule has 0 saturated heterocycles. The molecule has 1 heterocycles. The Labute approximate surface area is 132 Å². The Morgan fingerprint density at radius 3 is 2.48 bits per heavy atom. The lowest BCUT2D eigenvalue weighted by molar-refractivity contribution is -0.151. The molecule has 1 aliphatic rings. The van der Waals surface area contributed by atoms with E-state index in [0.717, 1.165) is 44.4 Å². The smallest absolute Gasteiger partial charge is 0.309 e. The highest BCUT2D eigenvalue weighted by molar-refractivity contribution is 7.12. The first kappa shape index (κ1) is 16.5. The molecule has 0 spiro atoms. The van der Waals surface area contributed by atoms with Gasteiger partial charge in [-0.3, -0.25) is 4.79 Å². The van der Waals surface area contributed by atoms with E-state index in [1.165, 1.54) is 29.0 Å². The summed E-state index contributed by atoms with van der Waals surface area (Å²) in [5.41, 5.74) is -0.501. The fourth-order valence-electron chi connectivity index (χ4n) is 3.52. The van der Waals surface area contributed by atoms with E-state index in [1.807, 2.05) is 0 Å². The predicted octanol–water partition coefficient (Wildman–Crippen LogP) is 5.30. The highest BCUT2D eigenvalue weighted by atomic mass is 32.1. The van der Waals surface area contributed by atoms with Gasteiger partial charge < -0.3 is 5.11 Å². The van der Waals surface area contributed by atoms with Crippen LogP contribution < -0.4 is 0 Å². The van der Waals surface area contributed by atoms with Crippen LogP contribution >= 0.6 is 11.3 Å². The van der Waals surface area contributed by atoms with Gasteiger partial charge in [-0.25, -0.2) is 0 Å². The van der Waals surface area contributed by atoms with E-state index in [-0.39, 0.29) is 0 Å². The summed E-state index contributed by atoms with van der Waals surface area (Å²) >= 11 is 1.79. The molecule has 1 aromatic rings. The predicted molar refractivity (Wildman–Crippen MR) is 89.0 cm³/mol. The second kappa shape index (κ2) is 7.44. The summed E-state index contributed by atoms with van der Waals surface area (Å²) in [5, 5.41) is 9.78. The second-order valence-corrected chi connectivity index (χ2v) is 7.82. The van der Waals surface area contributed by atoms with Crippen LogP contribution in [0.5, 0.6) is 0 Å². The molecular weight excluding hydrogens is 280 g/mol. The molecular formula is C18H28O2S. The zero-order chi connectivity index (χ0) is 15.3. The summed E-state index contributed by atoms with van der Waals surface area (Å²) in [7, 11) is 0. The van der Waals surface area contributed by atoms with Gasteiger partial charge in [-0.1, -0.05) is 33.1 Å². The van der Waals surface area contributed by atoms with E-state index in [9.17, 15) is 9.90 Å². The molecule has 118 valence electrons. The van der Waals surface area contributed by atoms with Crippen LogP contribution in [-0.2, 0) is 17.6 Å². The van der Waals surface area contributed by atoms with Crippen molar-refractivity contribution in [3.63, 3.8) is 0 Å². The first-order valence-corrected chi connectivity index (χ1v) is 9.22. The normalized spacial score (nSPS) is 25.9. The Balaban J connectivity index is 2.00. The molecule has 0 atom stereocenters. The Morgan fingerprint density at radius 2 is 1.95 bits per heavy atom. The van der Waals surface area contributed by atoms with Gasteiger partial charge in [0.1, 0.15) is 0 Å². The van der Waals surface area contributed by atoms with Gasteiger partial charge in [0.05, 0.1) is 5.41 Å². The molecule has 1 fully saturated rings. The molecule has 1 aromatic heterocycles. The van der Waals surface area contributed by atoms with E-state index in [4.69, 9.17) is 0 Å². The van der Waals surface area contributed by atoms with E-state index < -0.39 is 11.4 Å². The third-order valence-corrected chi connectivity index (χ3v) is 6.29. The SMILES string of the molecule is CCCCC1CCC(Cc2ccc(CC)s2)(C(=O)O)CC1. The maximum absolute atomic E-state index is 11.9. The van der Waals surface area contributed by atoms with Crippen LogP contribution in [0.2, 0.25) is 0 Å². The summed E-state index contributed by atoms with van der Waals surface area (Å²) in [4.78, 5) is 14.5. The summed E-state index contributed by atoms with van der Waals surface area (Å²) in [6, 6.07) is 4.29. The van der Waals surface area contributed by atoms with Crippen LogP contribution in [0, 0.1) is 11.3 Å². The number of thiophene rings is 1. The molecule has 21 heavy (non-hydrogen) atoms. The number of aryl methyl sites for hydroxylation is 1. The highest BCUT2D eigenvalue weighted by Gasteiger charge is 2.42. The molecule has 0 aromatic carbocycles. The van der Waals surface area contributed by atoms with Gasteiger partial charge in [0, 0.05) is 9.75 Å². The largest absolute Gasteiger partial charge is 0.481 e. The number of aliphatic carboxylic acids is 1. The maximum atomic E-state index is 11.9. The van der Waals surface area contributed by atoms with Gasteiger partial charge in [-0.2, -0.15) is 0 Å². The van der Waals surface area contributed by atoms with Crippen molar-refractivity contribution < 1.29 is 9.90 Å². The minimum absolute atomic E-state index is 0.501. The molecule has 3 heteroatoms. The topological polar surface area (TPSA) is 37.3 Å². The third kappa shape index (κ3) is 4.09. The van der Waals surface area contributed by atoms with E-state index in [1.54, 1.807) is 11.3 Å². The molecule has 0 bridgehead atoms. The zero-order valence-corrected chi connectivity index (χ0v) is 14.2. The minimum atomic E-state index is -0.581. The summed E-state index contributed by atoms with van der Waals surface area (Å²) in [6.45, 7) is 4.38. The van der Waals surface area contributed by atoms with Crippen LogP contribution in [0.1, 0.15) is 68.5 Å². The van der Waals surface area contributed by atoms with Crippen molar-refractivity contribution in [3.8, 4) is 0 Å². The monoisotopic (exact) mass is 308 g/mol. The van der Waals surface area contributed by atoms with Gasteiger partial charge >= 0.3 is 5.97 Å². The third-order valence-electron chi connectivity index (χ3n) is 5.06. The molecule has 2 rings (SSSR count). The Kier molecular flexibility index (Phi) is 5.86. The molecule has 0 radical (unpaired) electrons. The lowest BCUT2D eigenvalue weighted by atomic mass is 9.67. The van der Waals surface area contributed by atoms with E-state index in [0.29, 0.717) is 0 Å². The van der Waals surface area contributed by atoms with Gasteiger partial charge in [0.15, 0.2) is 0 Å². The highest BCUT2D eigenvalue weighted by Crippen LogP contribution is 2.44. The fraction of sp³-hybridized carbons (Fsp3) is 0.722. The number of carboxylic acid groups (broad SMARTS) is 1. The number of carbonyl (C=O) groups is 1. The average molecular weight is 308 g/mol. The minimum Gasteiger partial charge on any atom is -0.481 e. The zero-order valence-electron chi connectivity index (χ0n) is 13.4. The Hall–Kier alpha value is -0.830. The summed E-state index contributed by atoms with van der Waals surface area (Å²) in [5.74, 6) is 0.176. The van der Waals surface area contributed by atoms with Crippen LogP contribution in [0.15, 0.2) is 12.1 Å². The van der Waals surface area contributed by atoms with Crippen molar-refractivity contribution in [3.05, 3.63) is 21.9 Å².